The van der Waals surface area contributed by atoms with E-state index in [0.717, 1.165) is 28.9 Å². The van der Waals surface area contributed by atoms with E-state index in [1.54, 1.807) is 20.8 Å². The summed E-state index contributed by atoms with van der Waals surface area (Å²) in [5.74, 6) is -1.12. The molecule has 7 heteroatoms. The van der Waals surface area contributed by atoms with Crippen LogP contribution in [0.2, 0.25) is 0 Å². The Morgan fingerprint density at radius 3 is 2.32 bits per heavy atom. The van der Waals surface area contributed by atoms with Gasteiger partial charge in [-0.25, -0.2) is 4.79 Å². The molecule has 7 nitrogen and oxygen atoms in total. The molecule has 0 aromatic heterocycles. The minimum Gasteiger partial charge on any atom is -0.444 e. The van der Waals surface area contributed by atoms with Crippen molar-refractivity contribution in [3.63, 3.8) is 0 Å². The highest BCUT2D eigenvalue weighted by Gasteiger charge is 2.38. The molecule has 3 unspecified atom stereocenters. The molecule has 0 heterocycles. The zero-order valence-electron chi connectivity index (χ0n) is 22.0. The summed E-state index contributed by atoms with van der Waals surface area (Å²) >= 11 is 0. The number of ether oxygens (including phenoxy) is 1. The Labute approximate surface area is 205 Å². The number of hydrogen-bond donors (Lipinski definition) is 2. The van der Waals surface area contributed by atoms with Crippen LogP contribution in [0.25, 0.3) is 0 Å². The number of amides is 3. The average molecular weight is 472 g/mol. The molecule has 2 N–H and O–H groups in total. The third kappa shape index (κ3) is 8.40. The molecule has 188 valence electrons. The van der Waals surface area contributed by atoms with Crippen LogP contribution < -0.4 is 10.6 Å². The van der Waals surface area contributed by atoms with E-state index in [2.05, 4.69) is 16.7 Å². The molecule has 1 aromatic carbocycles. The molecule has 1 rings (SSSR count). The van der Waals surface area contributed by atoms with Crippen molar-refractivity contribution in [1.29, 1.82) is 0 Å². The van der Waals surface area contributed by atoms with E-state index in [0.29, 0.717) is 18.5 Å². The van der Waals surface area contributed by atoms with Crippen LogP contribution in [0.5, 0.6) is 0 Å². The minimum atomic E-state index is -1.03. The van der Waals surface area contributed by atoms with Crippen molar-refractivity contribution in [1.82, 2.24) is 15.5 Å². The quantitative estimate of drug-likeness (QED) is 0.296. The van der Waals surface area contributed by atoms with Gasteiger partial charge in [-0.1, -0.05) is 63.8 Å². The predicted octanol–water partition coefficient (Wildman–Crippen LogP) is 4.62. The Bertz CT molecular complexity index is 898. The Morgan fingerprint density at radius 2 is 1.82 bits per heavy atom. The number of nitrogens with one attached hydrogen (secondary N) is 2. The van der Waals surface area contributed by atoms with Crippen molar-refractivity contribution < 1.29 is 19.1 Å². The Morgan fingerprint density at radius 1 is 1.18 bits per heavy atom. The number of hydrogen-bond acceptors (Lipinski definition) is 4. The number of carbonyl (C=O) groups excluding carboxylic acids is 3. The molecule has 34 heavy (non-hydrogen) atoms. The van der Waals surface area contributed by atoms with Crippen molar-refractivity contribution in [2.45, 2.75) is 92.3 Å². The fourth-order valence-corrected chi connectivity index (χ4v) is 3.55. The monoisotopic (exact) mass is 471 g/mol. The number of carbonyl (C=O) groups is 3. The third-order valence-corrected chi connectivity index (χ3v) is 5.58. The minimum absolute atomic E-state index is 0.237. The van der Waals surface area contributed by atoms with Crippen LogP contribution in [0.4, 0.5) is 4.79 Å². The highest BCUT2D eigenvalue weighted by atomic mass is 16.6. The lowest BCUT2D eigenvalue weighted by molar-refractivity contribution is -0.139. The summed E-state index contributed by atoms with van der Waals surface area (Å²) in [7, 11) is 0. The van der Waals surface area contributed by atoms with Gasteiger partial charge in [0, 0.05) is 12.6 Å². The number of aryl methyl sites for hydroxylation is 2. The zero-order valence-corrected chi connectivity index (χ0v) is 22.0. The maximum absolute atomic E-state index is 13.7. The highest BCUT2D eigenvalue weighted by molar-refractivity contribution is 5.93. The van der Waals surface area contributed by atoms with E-state index in [1.807, 2.05) is 52.8 Å². The summed E-state index contributed by atoms with van der Waals surface area (Å²) in [6.07, 6.45) is 7.46. The fraction of sp³-hybridized carbons (Fsp3) is 0.593. The first kappa shape index (κ1) is 29.0. The number of alkyl carbamates (subject to hydrolysis) is 1. The third-order valence-electron chi connectivity index (χ3n) is 5.58. The SMILES string of the molecule is C#CN(C(=O)C(NC(=O)OC(C)(C)C)C(C)CC)C(C(=O)NCCCC)c1ccc(C)cc1C. The lowest BCUT2D eigenvalue weighted by Gasteiger charge is -2.33. The average Bonchev–Trinajstić information content (AvgIpc) is 2.74. The van der Waals surface area contributed by atoms with E-state index in [-0.39, 0.29) is 11.8 Å². The summed E-state index contributed by atoms with van der Waals surface area (Å²) < 4.78 is 5.37. The zero-order chi connectivity index (χ0) is 26.1. The summed E-state index contributed by atoms with van der Waals surface area (Å²) in [6, 6.07) is 6.11. The Kier molecular flexibility index (Phi) is 11.1. The van der Waals surface area contributed by atoms with Gasteiger partial charge >= 0.3 is 6.09 Å². The maximum atomic E-state index is 13.7. The van der Waals surface area contributed by atoms with Gasteiger partial charge < -0.3 is 15.4 Å². The molecular weight excluding hydrogens is 430 g/mol. The number of rotatable bonds is 10. The van der Waals surface area contributed by atoms with Gasteiger partial charge in [0.05, 0.1) is 0 Å². The second-order valence-corrected chi connectivity index (χ2v) is 9.75. The van der Waals surface area contributed by atoms with E-state index < -0.39 is 29.7 Å². The normalized spacial score (nSPS) is 13.7. The topological polar surface area (TPSA) is 87.7 Å². The lowest BCUT2D eigenvalue weighted by atomic mass is 9.94. The molecule has 0 aliphatic rings. The smallest absolute Gasteiger partial charge is 0.408 e. The second kappa shape index (κ2) is 13.0. The summed E-state index contributed by atoms with van der Waals surface area (Å²) in [5, 5.41) is 5.59. The van der Waals surface area contributed by atoms with E-state index >= 15 is 0 Å². The highest BCUT2D eigenvalue weighted by Crippen LogP contribution is 2.27. The van der Waals surface area contributed by atoms with E-state index in [9.17, 15) is 14.4 Å². The van der Waals surface area contributed by atoms with Crippen molar-refractivity contribution in [3.8, 4) is 12.5 Å². The number of unbranched alkanes of at least 4 members (excludes halogenated alkanes) is 1. The van der Waals surface area contributed by atoms with Crippen LogP contribution in [0, 0.1) is 32.2 Å². The van der Waals surface area contributed by atoms with Gasteiger partial charge in [0.15, 0.2) is 0 Å². The van der Waals surface area contributed by atoms with Crippen LogP contribution in [0.1, 0.15) is 83.5 Å². The molecule has 0 bridgehead atoms. The van der Waals surface area contributed by atoms with Crippen LogP contribution in [0.15, 0.2) is 18.2 Å². The molecule has 0 radical (unpaired) electrons. The molecule has 0 fully saturated rings. The van der Waals surface area contributed by atoms with Gasteiger partial charge in [0.25, 0.3) is 5.91 Å². The predicted molar refractivity (Wildman–Crippen MR) is 135 cm³/mol. The molecule has 0 aliphatic carbocycles. The second-order valence-electron chi connectivity index (χ2n) is 9.75. The van der Waals surface area contributed by atoms with Gasteiger partial charge in [-0.3, -0.25) is 14.5 Å². The van der Waals surface area contributed by atoms with Crippen molar-refractivity contribution in [2.75, 3.05) is 6.54 Å². The first-order valence-corrected chi connectivity index (χ1v) is 12.0. The lowest BCUT2D eigenvalue weighted by Crippen LogP contribution is -2.54. The van der Waals surface area contributed by atoms with Gasteiger partial charge in [-0.2, -0.15) is 0 Å². The van der Waals surface area contributed by atoms with Crippen molar-refractivity contribution >= 4 is 17.9 Å². The molecular formula is C27H41N3O4. The maximum Gasteiger partial charge on any atom is 0.408 e. The summed E-state index contributed by atoms with van der Waals surface area (Å²) in [5.41, 5.74) is 1.81. The Hall–Kier alpha value is -3.01. The molecule has 0 aliphatic heterocycles. The summed E-state index contributed by atoms with van der Waals surface area (Å²) in [4.78, 5) is 40.7. The molecule has 3 atom stereocenters. The van der Waals surface area contributed by atoms with Crippen molar-refractivity contribution in [2.24, 2.45) is 5.92 Å². The molecule has 0 saturated heterocycles. The van der Waals surface area contributed by atoms with Crippen LogP contribution in [0.3, 0.4) is 0 Å². The molecule has 0 spiro atoms. The summed E-state index contributed by atoms with van der Waals surface area (Å²) in [6.45, 7) is 15.4. The molecule has 3 amide bonds. The largest absolute Gasteiger partial charge is 0.444 e. The van der Waals surface area contributed by atoms with Crippen LogP contribution in [-0.4, -0.2) is 41.0 Å². The van der Waals surface area contributed by atoms with Crippen molar-refractivity contribution in [3.05, 3.63) is 34.9 Å². The van der Waals surface area contributed by atoms with Gasteiger partial charge in [0.1, 0.15) is 17.7 Å². The van der Waals surface area contributed by atoms with Crippen LogP contribution in [-0.2, 0) is 14.3 Å². The first-order chi connectivity index (χ1) is 15.9. The van der Waals surface area contributed by atoms with Gasteiger partial charge in [-0.15, -0.1) is 0 Å². The molecule has 1 aromatic rings. The number of nitrogens with zero attached hydrogens (tertiary/aromatic N) is 1. The number of terminal acetylenes is 1. The van der Waals surface area contributed by atoms with Gasteiger partial charge in [-0.05, 0) is 58.1 Å². The van der Waals surface area contributed by atoms with E-state index in [1.165, 1.54) is 0 Å². The first-order valence-electron chi connectivity index (χ1n) is 12.0. The Balaban J connectivity index is 3.42. The van der Waals surface area contributed by atoms with E-state index in [4.69, 9.17) is 11.2 Å². The standard InChI is InChI=1S/C27H41N3O4/c1-10-13-16-28-24(31)23(21-15-14-18(4)17-20(21)6)30(12-3)25(32)22(19(5)11-2)29-26(33)34-27(7,8)9/h3,14-15,17,19,22-23H,10-11,13,16H2,1-2,4-9H3,(H,28,31)(H,29,33). The fourth-order valence-electron chi connectivity index (χ4n) is 3.55. The molecule has 0 saturated carbocycles. The van der Waals surface area contributed by atoms with Crippen LogP contribution >= 0.6 is 0 Å². The number of benzene rings is 1. The van der Waals surface area contributed by atoms with Gasteiger partial charge in [0.2, 0.25) is 5.91 Å².